The second kappa shape index (κ2) is 9.91. The van der Waals surface area contributed by atoms with E-state index in [-0.39, 0.29) is 28.8 Å². The number of nitrogens with one attached hydrogen (secondary N) is 1. The smallest absolute Gasteiger partial charge is 0.277 e. The highest BCUT2D eigenvalue weighted by Gasteiger charge is 2.23. The van der Waals surface area contributed by atoms with Crippen LogP contribution in [0.2, 0.25) is 0 Å². The summed E-state index contributed by atoms with van der Waals surface area (Å²) in [7, 11) is 0. The number of para-hydroxylation sites is 1. The number of aromatic nitrogens is 2. The van der Waals surface area contributed by atoms with Gasteiger partial charge in [-0.3, -0.25) is 4.79 Å². The number of carbonyl (C=O) groups is 1. The molecule has 1 saturated carbocycles. The van der Waals surface area contributed by atoms with Crippen LogP contribution in [-0.2, 0) is 4.79 Å². The maximum Gasteiger partial charge on any atom is 0.277 e. The van der Waals surface area contributed by atoms with Crippen LogP contribution >= 0.6 is 11.8 Å². The molecular weight excluding hydrogens is 381 g/mol. The van der Waals surface area contributed by atoms with Crippen molar-refractivity contribution < 1.29 is 18.3 Å². The van der Waals surface area contributed by atoms with Crippen LogP contribution in [0.25, 0.3) is 0 Å². The topological polar surface area (TPSA) is 77.2 Å². The minimum Gasteiger partial charge on any atom is -0.478 e. The first-order chi connectivity index (χ1) is 13.5. The Bertz CT molecular complexity index is 778. The highest BCUT2D eigenvalue weighted by molar-refractivity contribution is 8.00. The standard InChI is InChI=1S/C20H26FN3O3S/c1-13(26-17-12-8-7-11-16(17)21)19-23-24-20(27-19)28-14(2)18(25)22-15-9-5-3-4-6-10-15/h7-8,11-15H,3-6,9-10H2,1-2H3,(H,22,25)/t13-,14-/m1/s1. The second-order valence-corrected chi connectivity index (χ2v) is 8.35. The van der Waals surface area contributed by atoms with Crippen LogP contribution in [0, 0.1) is 5.82 Å². The van der Waals surface area contributed by atoms with Crippen molar-refractivity contribution in [1.82, 2.24) is 15.5 Å². The first kappa shape index (κ1) is 20.6. The third kappa shape index (κ3) is 5.70. The maximum absolute atomic E-state index is 13.7. The van der Waals surface area contributed by atoms with Crippen molar-refractivity contribution in [3.8, 4) is 5.75 Å². The van der Waals surface area contributed by atoms with Crippen LogP contribution in [0.1, 0.15) is 64.4 Å². The molecule has 1 heterocycles. The van der Waals surface area contributed by atoms with Gasteiger partial charge in [-0.2, -0.15) is 0 Å². The van der Waals surface area contributed by atoms with Gasteiger partial charge in [0, 0.05) is 6.04 Å². The largest absolute Gasteiger partial charge is 0.478 e. The molecule has 2 aromatic rings. The molecule has 1 aliphatic carbocycles. The molecule has 1 N–H and O–H groups in total. The average molecular weight is 408 g/mol. The Balaban J connectivity index is 1.53. The van der Waals surface area contributed by atoms with Gasteiger partial charge in [-0.25, -0.2) is 4.39 Å². The third-order valence-electron chi connectivity index (χ3n) is 4.76. The molecule has 3 rings (SSSR count). The number of carbonyl (C=O) groups excluding carboxylic acids is 1. The number of benzene rings is 1. The quantitative estimate of drug-likeness (QED) is 0.531. The fraction of sp³-hybridized carbons (Fsp3) is 0.550. The van der Waals surface area contributed by atoms with Crippen LogP contribution in [0.4, 0.5) is 4.39 Å². The first-order valence-corrected chi connectivity index (χ1v) is 10.6. The first-order valence-electron chi connectivity index (χ1n) is 9.74. The zero-order valence-electron chi connectivity index (χ0n) is 16.2. The molecule has 0 saturated heterocycles. The zero-order chi connectivity index (χ0) is 19.9. The molecule has 2 atom stereocenters. The van der Waals surface area contributed by atoms with Gasteiger partial charge in [0.1, 0.15) is 0 Å². The molecule has 0 aliphatic heterocycles. The Labute approximate surface area is 168 Å². The fourth-order valence-corrected chi connectivity index (χ4v) is 3.86. The number of ether oxygens (including phenoxy) is 1. The molecular formula is C20H26FN3O3S. The van der Waals surface area contributed by atoms with Crippen molar-refractivity contribution in [1.29, 1.82) is 0 Å². The van der Waals surface area contributed by atoms with Gasteiger partial charge in [0.15, 0.2) is 17.7 Å². The summed E-state index contributed by atoms with van der Waals surface area (Å²) in [4.78, 5) is 12.5. The molecule has 1 aromatic carbocycles. The monoisotopic (exact) mass is 407 g/mol. The molecule has 0 unspecified atom stereocenters. The van der Waals surface area contributed by atoms with Gasteiger partial charge >= 0.3 is 0 Å². The van der Waals surface area contributed by atoms with E-state index in [2.05, 4.69) is 15.5 Å². The highest BCUT2D eigenvalue weighted by Crippen LogP contribution is 2.27. The van der Waals surface area contributed by atoms with Gasteiger partial charge in [0.25, 0.3) is 11.1 Å². The van der Waals surface area contributed by atoms with Gasteiger partial charge in [0.05, 0.1) is 5.25 Å². The lowest BCUT2D eigenvalue weighted by molar-refractivity contribution is -0.121. The van der Waals surface area contributed by atoms with Crippen LogP contribution in [0.3, 0.4) is 0 Å². The Hall–Kier alpha value is -2.09. The van der Waals surface area contributed by atoms with E-state index >= 15 is 0 Å². The van der Waals surface area contributed by atoms with Gasteiger partial charge < -0.3 is 14.5 Å². The Morgan fingerprint density at radius 2 is 1.93 bits per heavy atom. The molecule has 1 amide bonds. The molecule has 1 aliphatic rings. The third-order valence-corrected chi connectivity index (χ3v) is 5.69. The summed E-state index contributed by atoms with van der Waals surface area (Å²) in [6.07, 6.45) is 6.30. The lowest BCUT2D eigenvalue weighted by atomic mass is 10.1. The van der Waals surface area contributed by atoms with E-state index in [0.717, 1.165) is 12.8 Å². The Kier molecular flexibility index (Phi) is 7.30. The van der Waals surface area contributed by atoms with Crippen molar-refractivity contribution in [2.24, 2.45) is 0 Å². The lowest BCUT2D eigenvalue weighted by Crippen LogP contribution is -2.39. The van der Waals surface area contributed by atoms with Crippen molar-refractivity contribution >= 4 is 17.7 Å². The number of hydrogen-bond acceptors (Lipinski definition) is 6. The molecule has 8 heteroatoms. The van der Waals surface area contributed by atoms with E-state index in [1.165, 1.54) is 49.6 Å². The molecule has 1 fully saturated rings. The summed E-state index contributed by atoms with van der Waals surface area (Å²) in [5.41, 5.74) is 0. The van der Waals surface area contributed by atoms with Crippen LogP contribution in [-0.4, -0.2) is 27.4 Å². The molecule has 152 valence electrons. The molecule has 0 radical (unpaired) electrons. The second-order valence-electron chi connectivity index (χ2n) is 7.05. The summed E-state index contributed by atoms with van der Waals surface area (Å²) in [5.74, 6) is -0.111. The van der Waals surface area contributed by atoms with Crippen molar-refractivity contribution in [2.45, 2.75) is 75.0 Å². The van der Waals surface area contributed by atoms with Crippen molar-refractivity contribution in [3.63, 3.8) is 0 Å². The van der Waals surface area contributed by atoms with E-state index in [0.29, 0.717) is 5.22 Å². The summed E-state index contributed by atoms with van der Waals surface area (Å²) in [6, 6.07) is 6.40. The van der Waals surface area contributed by atoms with E-state index in [4.69, 9.17) is 9.15 Å². The highest BCUT2D eigenvalue weighted by atomic mass is 32.2. The van der Waals surface area contributed by atoms with E-state index in [9.17, 15) is 9.18 Å². The van der Waals surface area contributed by atoms with Gasteiger partial charge in [0.2, 0.25) is 5.91 Å². The average Bonchev–Trinajstić information content (AvgIpc) is 2.99. The normalized spacial score (nSPS) is 17.5. The number of rotatable bonds is 7. The molecule has 6 nitrogen and oxygen atoms in total. The van der Waals surface area contributed by atoms with Gasteiger partial charge in [-0.1, -0.05) is 49.6 Å². The lowest BCUT2D eigenvalue weighted by Gasteiger charge is -2.18. The Morgan fingerprint density at radius 1 is 1.21 bits per heavy atom. The van der Waals surface area contributed by atoms with E-state index in [1.807, 2.05) is 6.92 Å². The minimum atomic E-state index is -0.603. The van der Waals surface area contributed by atoms with Crippen LogP contribution in [0.5, 0.6) is 5.75 Å². The SMILES string of the molecule is C[C@@H](Sc1nnc([C@@H](C)Oc2ccccc2F)o1)C(=O)NC1CCCCCC1. The minimum absolute atomic E-state index is 0.0210. The number of amides is 1. The number of thioether (sulfide) groups is 1. The van der Waals surface area contributed by atoms with Gasteiger partial charge in [-0.15, -0.1) is 10.2 Å². The van der Waals surface area contributed by atoms with Crippen LogP contribution < -0.4 is 10.1 Å². The number of hydrogen-bond donors (Lipinski definition) is 1. The fourth-order valence-electron chi connectivity index (χ4n) is 3.16. The summed E-state index contributed by atoms with van der Waals surface area (Å²) in [6.45, 7) is 3.52. The zero-order valence-corrected chi connectivity index (χ0v) is 17.0. The predicted octanol–water partition coefficient (Wildman–Crippen LogP) is 4.67. The van der Waals surface area contributed by atoms with E-state index < -0.39 is 11.9 Å². The number of nitrogens with zero attached hydrogens (tertiary/aromatic N) is 2. The molecule has 28 heavy (non-hydrogen) atoms. The van der Waals surface area contributed by atoms with E-state index in [1.54, 1.807) is 19.1 Å². The summed E-state index contributed by atoms with van der Waals surface area (Å²) in [5, 5.41) is 11.0. The summed E-state index contributed by atoms with van der Waals surface area (Å²) >= 11 is 1.21. The Morgan fingerprint density at radius 3 is 2.64 bits per heavy atom. The van der Waals surface area contributed by atoms with Crippen molar-refractivity contribution in [2.75, 3.05) is 0 Å². The number of halogens is 1. The summed E-state index contributed by atoms with van der Waals surface area (Å²) < 4.78 is 24.9. The predicted molar refractivity (Wildman–Crippen MR) is 105 cm³/mol. The molecule has 1 aromatic heterocycles. The molecule has 0 spiro atoms. The maximum atomic E-state index is 13.7. The van der Waals surface area contributed by atoms with Gasteiger partial charge in [-0.05, 0) is 38.8 Å². The van der Waals surface area contributed by atoms with Crippen LogP contribution in [0.15, 0.2) is 33.9 Å². The molecule has 0 bridgehead atoms. The van der Waals surface area contributed by atoms with Crippen molar-refractivity contribution in [3.05, 3.63) is 36.0 Å².